The molecule has 0 heterocycles. The van der Waals surface area contributed by atoms with Gasteiger partial charge in [0, 0.05) is 12.8 Å². The lowest BCUT2D eigenvalue weighted by atomic mass is 10.0. The molecule has 0 radical (unpaired) electrons. The van der Waals surface area contributed by atoms with E-state index < -0.39 is 0 Å². The van der Waals surface area contributed by atoms with Gasteiger partial charge in [-0.05, 0) is 23.7 Å². The van der Waals surface area contributed by atoms with Gasteiger partial charge in [-0.2, -0.15) is 0 Å². The van der Waals surface area contributed by atoms with Crippen LogP contribution in [0.3, 0.4) is 0 Å². The third-order valence-corrected chi connectivity index (χ3v) is 8.73. The van der Waals surface area contributed by atoms with Crippen molar-refractivity contribution in [3.8, 4) is 11.8 Å². The second-order valence-electron chi connectivity index (χ2n) is 11.8. The summed E-state index contributed by atoms with van der Waals surface area (Å²) in [7, 11) is 0. The molecule has 0 aliphatic carbocycles. The van der Waals surface area contributed by atoms with E-state index in [-0.39, 0.29) is 0 Å². The van der Waals surface area contributed by atoms with E-state index in [4.69, 9.17) is 0 Å². The quantitative estimate of drug-likeness (QED) is 0.0310. The van der Waals surface area contributed by atoms with Gasteiger partial charge in [0.2, 0.25) is 0 Å². The summed E-state index contributed by atoms with van der Waals surface area (Å²) in [5.74, 6) is 6.87. The Balaban J connectivity index is 3.10. The van der Waals surface area contributed by atoms with Gasteiger partial charge in [0.25, 0.3) is 0 Å². The van der Waals surface area contributed by atoms with Crippen molar-refractivity contribution >= 4 is 22.6 Å². The third-order valence-electron chi connectivity index (χ3n) is 7.97. The second kappa shape index (κ2) is 36.3. The zero-order valence-electron chi connectivity index (χ0n) is 25.7. The van der Waals surface area contributed by atoms with Crippen LogP contribution in [0, 0.1) is 11.8 Å². The predicted octanol–water partition coefficient (Wildman–Crippen LogP) is 13.9. The summed E-state index contributed by atoms with van der Waals surface area (Å²) >= 11 is 2.50. The van der Waals surface area contributed by atoms with Gasteiger partial charge in [0.1, 0.15) is 0 Å². The molecule has 1 heteroatoms. The molecule has 0 bridgehead atoms. The van der Waals surface area contributed by atoms with E-state index in [1.807, 2.05) is 0 Å². The zero-order chi connectivity index (χ0) is 26.7. The minimum Gasteiger partial charge on any atom is -0.103 e. The first-order chi connectivity index (χ1) is 18.4. The normalized spacial score (nSPS) is 11.1. The highest BCUT2D eigenvalue weighted by Gasteiger charge is 1.96. The van der Waals surface area contributed by atoms with Crippen LogP contribution in [0.1, 0.15) is 212 Å². The Bertz CT molecular complexity index is 445. The van der Waals surface area contributed by atoms with Gasteiger partial charge in [-0.3, -0.25) is 0 Å². The first kappa shape index (κ1) is 37.3. The maximum atomic E-state index is 3.43. The monoisotopic (exact) mass is 628 g/mol. The Morgan fingerprint density at radius 1 is 0.297 bits per heavy atom. The van der Waals surface area contributed by atoms with E-state index in [1.165, 1.54) is 197 Å². The minimum atomic E-state index is 1.14. The van der Waals surface area contributed by atoms with E-state index in [9.17, 15) is 0 Å². The van der Waals surface area contributed by atoms with Crippen LogP contribution in [-0.2, 0) is 0 Å². The highest BCUT2D eigenvalue weighted by molar-refractivity contribution is 14.1. The molecule has 220 valence electrons. The van der Waals surface area contributed by atoms with Gasteiger partial charge >= 0.3 is 0 Å². The lowest BCUT2D eigenvalue weighted by Gasteiger charge is -2.03. The molecule has 37 heavy (non-hydrogen) atoms. The smallest absolute Gasteiger partial charge is 0.00886 e. The van der Waals surface area contributed by atoms with Crippen LogP contribution in [0.25, 0.3) is 0 Å². The van der Waals surface area contributed by atoms with Crippen molar-refractivity contribution in [3.05, 3.63) is 0 Å². The summed E-state index contributed by atoms with van der Waals surface area (Å²) < 4.78 is 1.34. The molecular formula is C36H69I. The molecule has 0 saturated heterocycles. The fraction of sp³-hybridized carbons (Fsp3) is 0.944. The van der Waals surface area contributed by atoms with Gasteiger partial charge in [0.15, 0.2) is 0 Å². The summed E-state index contributed by atoms with van der Waals surface area (Å²) in [5.41, 5.74) is 0. The second-order valence-corrected chi connectivity index (χ2v) is 12.9. The SMILES string of the molecule is CCCCCCCCCCCCCCCCCCC#CCCCCCCCCCCCCCCCCI. The number of alkyl halides is 1. The summed E-state index contributed by atoms with van der Waals surface area (Å²) in [6, 6.07) is 0. The summed E-state index contributed by atoms with van der Waals surface area (Å²) in [5, 5.41) is 0. The van der Waals surface area contributed by atoms with Crippen LogP contribution in [0.15, 0.2) is 0 Å². The molecule has 0 amide bonds. The van der Waals surface area contributed by atoms with Crippen LogP contribution in [0.2, 0.25) is 0 Å². The highest BCUT2D eigenvalue weighted by atomic mass is 127. The fourth-order valence-electron chi connectivity index (χ4n) is 5.37. The Kier molecular flexibility index (Phi) is 36.6. The Hall–Kier alpha value is 0.290. The first-order valence-corrected chi connectivity index (χ1v) is 19.0. The van der Waals surface area contributed by atoms with Gasteiger partial charge in [-0.1, -0.05) is 203 Å². The van der Waals surface area contributed by atoms with Crippen molar-refractivity contribution in [1.82, 2.24) is 0 Å². The van der Waals surface area contributed by atoms with Crippen LogP contribution in [-0.4, -0.2) is 4.43 Å². The van der Waals surface area contributed by atoms with Crippen LogP contribution in [0.4, 0.5) is 0 Å². The molecule has 0 aromatic carbocycles. The average molecular weight is 629 g/mol. The molecule has 0 aromatic rings. The van der Waals surface area contributed by atoms with E-state index in [1.54, 1.807) is 0 Å². The molecule has 0 fully saturated rings. The largest absolute Gasteiger partial charge is 0.103 e. The molecule has 0 unspecified atom stereocenters. The molecule has 0 spiro atoms. The molecule has 0 saturated carbocycles. The van der Waals surface area contributed by atoms with E-state index >= 15 is 0 Å². The fourth-order valence-corrected chi connectivity index (χ4v) is 5.91. The summed E-state index contributed by atoms with van der Waals surface area (Å²) in [4.78, 5) is 0. The molecule has 0 N–H and O–H groups in total. The van der Waals surface area contributed by atoms with Crippen LogP contribution < -0.4 is 0 Å². The number of halogens is 1. The van der Waals surface area contributed by atoms with Gasteiger partial charge in [-0.15, -0.1) is 11.8 Å². The number of hydrogen-bond donors (Lipinski definition) is 0. The van der Waals surface area contributed by atoms with E-state index in [0.717, 1.165) is 12.8 Å². The van der Waals surface area contributed by atoms with Crippen LogP contribution in [0.5, 0.6) is 0 Å². The molecule has 0 aliphatic heterocycles. The van der Waals surface area contributed by atoms with Crippen molar-refractivity contribution in [3.63, 3.8) is 0 Å². The number of rotatable bonds is 31. The first-order valence-electron chi connectivity index (χ1n) is 17.4. The highest BCUT2D eigenvalue weighted by Crippen LogP contribution is 2.15. The maximum absolute atomic E-state index is 3.43. The lowest BCUT2D eigenvalue weighted by molar-refractivity contribution is 0.530. The average Bonchev–Trinajstić information content (AvgIpc) is 2.91. The number of hydrogen-bond acceptors (Lipinski definition) is 0. The minimum absolute atomic E-state index is 1.14. The Morgan fingerprint density at radius 2 is 0.514 bits per heavy atom. The Labute approximate surface area is 250 Å². The predicted molar refractivity (Wildman–Crippen MR) is 180 cm³/mol. The van der Waals surface area contributed by atoms with Crippen LogP contribution >= 0.6 is 22.6 Å². The third kappa shape index (κ3) is 36.3. The van der Waals surface area contributed by atoms with Gasteiger partial charge in [-0.25, -0.2) is 0 Å². The molecule has 0 nitrogen and oxygen atoms in total. The summed E-state index contributed by atoms with van der Waals surface area (Å²) in [6.07, 6.45) is 45.6. The van der Waals surface area contributed by atoms with E-state index in [0.29, 0.717) is 0 Å². The number of unbranched alkanes of at least 4 members (excludes halogenated alkanes) is 30. The van der Waals surface area contributed by atoms with Crippen molar-refractivity contribution in [1.29, 1.82) is 0 Å². The van der Waals surface area contributed by atoms with Gasteiger partial charge < -0.3 is 0 Å². The maximum Gasteiger partial charge on any atom is 0.00886 e. The molecule has 0 aromatic heterocycles. The Morgan fingerprint density at radius 3 is 0.757 bits per heavy atom. The van der Waals surface area contributed by atoms with Crippen molar-refractivity contribution in [2.75, 3.05) is 4.43 Å². The molecular weight excluding hydrogens is 559 g/mol. The topological polar surface area (TPSA) is 0 Å². The van der Waals surface area contributed by atoms with Crippen molar-refractivity contribution < 1.29 is 0 Å². The van der Waals surface area contributed by atoms with E-state index in [2.05, 4.69) is 41.4 Å². The molecule has 0 rings (SSSR count). The summed E-state index contributed by atoms with van der Waals surface area (Å²) in [6.45, 7) is 2.30. The zero-order valence-corrected chi connectivity index (χ0v) is 27.9. The molecule has 0 atom stereocenters. The standard InChI is InChI=1S/C36H69I/c1-2-3-4-5-6-7-8-9-10-11-12-13-14-15-16-17-18-19-20-21-22-23-24-25-26-27-28-29-30-31-32-33-34-35-36-37/h2-18,21-36H2,1H3. The lowest BCUT2D eigenvalue weighted by Crippen LogP contribution is -1.84. The molecule has 0 aliphatic rings. The van der Waals surface area contributed by atoms with Crippen molar-refractivity contribution in [2.24, 2.45) is 0 Å². The van der Waals surface area contributed by atoms with Gasteiger partial charge in [0.05, 0.1) is 0 Å². The van der Waals surface area contributed by atoms with Crippen molar-refractivity contribution in [2.45, 2.75) is 212 Å².